The Morgan fingerprint density at radius 3 is 2.33 bits per heavy atom. The highest BCUT2D eigenvalue weighted by molar-refractivity contribution is 9.10. The average molecular weight is 313 g/mol. The number of carbonyl (C=O) groups is 1. The fraction of sp³-hybridized carbons (Fsp3) is 0.500. The lowest BCUT2D eigenvalue weighted by Gasteiger charge is -2.18. The molecule has 0 atom stereocenters. The molecule has 4 heteroatoms. The Bertz CT molecular complexity index is 382. The van der Waals surface area contributed by atoms with E-state index in [9.17, 15) is 4.79 Å². The first-order chi connectivity index (χ1) is 8.37. The second kappa shape index (κ2) is 6.78. The first-order valence-electron chi connectivity index (χ1n) is 6.13. The van der Waals surface area contributed by atoms with Crippen LogP contribution in [0.15, 0.2) is 28.7 Å². The van der Waals surface area contributed by atoms with Gasteiger partial charge in [0.05, 0.1) is 0 Å². The highest BCUT2D eigenvalue weighted by Crippen LogP contribution is 2.11. The fourth-order valence-electron chi connectivity index (χ4n) is 1.38. The predicted octanol–water partition coefficient (Wildman–Crippen LogP) is 3.34. The molecule has 1 aromatic carbocycles. The molecule has 0 aliphatic carbocycles. The molecule has 0 fully saturated rings. The normalized spacial score (nSPS) is 11.1. The van der Waals surface area contributed by atoms with Gasteiger partial charge in [-0.15, -0.1) is 0 Å². The molecule has 0 saturated carbocycles. The molecule has 100 valence electrons. The van der Waals surface area contributed by atoms with E-state index in [0.717, 1.165) is 10.9 Å². The lowest BCUT2D eigenvalue weighted by molar-refractivity contribution is 0.235. The van der Waals surface area contributed by atoms with Gasteiger partial charge >= 0.3 is 6.03 Å². The van der Waals surface area contributed by atoms with E-state index in [1.165, 1.54) is 5.56 Å². The average Bonchev–Trinajstić information content (AvgIpc) is 2.28. The van der Waals surface area contributed by atoms with Gasteiger partial charge in [-0.25, -0.2) is 4.79 Å². The number of hydrogen-bond acceptors (Lipinski definition) is 1. The van der Waals surface area contributed by atoms with E-state index in [1.807, 2.05) is 12.1 Å². The van der Waals surface area contributed by atoms with Crippen molar-refractivity contribution in [3.05, 3.63) is 34.3 Å². The number of nitrogens with one attached hydrogen (secondary N) is 2. The van der Waals surface area contributed by atoms with Gasteiger partial charge in [0, 0.05) is 17.6 Å². The summed E-state index contributed by atoms with van der Waals surface area (Å²) in [4.78, 5) is 11.5. The molecule has 18 heavy (non-hydrogen) atoms. The summed E-state index contributed by atoms with van der Waals surface area (Å²) in [5.74, 6) is 0. The molecule has 0 spiro atoms. The summed E-state index contributed by atoms with van der Waals surface area (Å²) in [6.07, 6.45) is 0.843. The Morgan fingerprint density at radius 1 is 1.17 bits per heavy atom. The third kappa shape index (κ3) is 6.64. The van der Waals surface area contributed by atoms with E-state index in [-0.39, 0.29) is 11.4 Å². The number of carbonyl (C=O) groups excluding carboxylic acids is 1. The van der Waals surface area contributed by atoms with Crippen molar-refractivity contribution in [2.45, 2.75) is 27.2 Å². The molecule has 0 aliphatic heterocycles. The van der Waals surface area contributed by atoms with Crippen LogP contribution in [0.3, 0.4) is 0 Å². The van der Waals surface area contributed by atoms with Crippen molar-refractivity contribution in [2.24, 2.45) is 5.41 Å². The highest BCUT2D eigenvalue weighted by Gasteiger charge is 2.11. The van der Waals surface area contributed by atoms with Gasteiger partial charge in [0.15, 0.2) is 0 Å². The van der Waals surface area contributed by atoms with Crippen LogP contribution in [0.5, 0.6) is 0 Å². The van der Waals surface area contributed by atoms with Gasteiger partial charge in [0.2, 0.25) is 0 Å². The van der Waals surface area contributed by atoms with Gasteiger partial charge in [0.1, 0.15) is 0 Å². The molecule has 2 amide bonds. The smallest absolute Gasteiger partial charge is 0.314 e. The molecule has 0 unspecified atom stereocenters. The standard InChI is InChI=1S/C14H21BrN2O/c1-14(2,3)10-17-13(18)16-9-8-11-4-6-12(15)7-5-11/h4-7H,8-10H2,1-3H3,(H2,16,17,18). The van der Waals surface area contributed by atoms with E-state index in [0.29, 0.717) is 13.1 Å². The van der Waals surface area contributed by atoms with Crippen LogP contribution in [0.1, 0.15) is 26.3 Å². The van der Waals surface area contributed by atoms with Crippen molar-refractivity contribution >= 4 is 22.0 Å². The lowest BCUT2D eigenvalue weighted by atomic mass is 9.97. The van der Waals surface area contributed by atoms with Gasteiger partial charge < -0.3 is 10.6 Å². The number of rotatable bonds is 4. The van der Waals surface area contributed by atoms with Crippen LogP contribution >= 0.6 is 15.9 Å². The molecule has 0 aromatic heterocycles. The van der Waals surface area contributed by atoms with E-state index >= 15 is 0 Å². The van der Waals surface area contributed by atoms with Gasteiger partial charge in [-0.05, 0) is 29.5 Å². The molecule has 0 radical (unpaired) electrons. The zero-order valence-electron chi connectivity index (χ0n) is 11.2. The summed E-state index contributed by atoms with van der Waals surface area (Å²) < 4.78 is 1.07. The fourth-order valence-corrected chi connectivity index (χ4v) is 1.64. The number of halogens is 1. The molecule has 1 aromatic rings. The van der Waals surface area contributed by atoms with Crippen LogP contribution in [0.4, 0.5) is 4.79 Å². The minimum atomic E-state index is -0.0953. The molecule has 0 bridgehead atoms. The SMILES string of the molecule is CC(C)(C)CNC(=O)NCCc1ccc(Br)cc1. The first-order valence-corrected chi connectivity index (χ1v) is 6.92. The quantitative estimate of drug-likeness (QED) is 0.879. The van der Waals surface area contributed by atoms with Crippen LogP contribution in [-0.2, 0) is 6.42 Å². The van der Waals surface area contributed by atoms with Crippen molar-refractivity contribution in [1.82, 2.24) is 10.6 Å². The predicted molar refractivity (Wildman–Crippen MR) is 78.7 cm³/mol. The minimum Gasteiger partial charge on any atom is -0.338 e. The van der Waals surface area contributed by atoms with Crippen molar-refractivity contribution in [2.75, 3.05) is 13.1 Å². The van der Waals surface area contributed by atoms with E-state index in [1.54, 1.807) is 0 Å². The Kier molecular flexibility index (Phi) is 5.66. The monoisotopic (exact) mass is 312 g/mol. The van der Waals surface area contributed by atoms with Crippen LogP contribution in [0.25, 0.3) is 0 Å². The minimum absolute atomic E-state index is 0.0953. The molecule has 1 rings (SSSR count). The molecular weight excluding hydrogens is 292 g/mol. The van der Waals surface area contributed by atoms with Crippen molar-refractivity contribution in [3.8, 4) is 0 Å². The molecule has 0 saturated heterocycles. The van der Waals surface area contributed by atoms with Crippen LogP contribution in [0.2, 0.25) is 0 Å². The van der Waals surface area contributed by atoms with Crippen molar-refractivity contribution in [3.63, 3.8) is 0 Å². The maximum absolute atomic E-state index is 11.5. The second-order valence-corrected chi connectivity index (χ2v) is 6.46. The van der Waals surface area contributed by atoms with E-state index in [2.05, 4.69) is 59.5 Å². The summed E-state index contributed by atoms with van der Waals surface area (Å²) >= 11 is 3.40. The summed E-state index contributed by atoms with van der Waals surface area (Å²) in [5.41, 5.74) is 1.33. The maximum atomic E-state index is 11.5. The Hall–Kier alpha value is -1.03. The Balaban J connectivity index is 2.21. The summed E-state index contributed by atoms with van der Waals surface area (Å²) in [6, 6.07) is 8.03. The topological polar surface area (TPSA) is 41.1 Å². The van der Waals surface area contributed by atoms with Crippen molar-refractivity contribution in [1.29, 1.82) is 0 Å². The van der Waals surface area contributed by atoms with Crippen LogP contribution in [-0.4, -0.2) is 19.1 Å². The highest BCUT2D eigenvalue weighted by atomic mass is 79.9. The molecule has 0 heterocycles. The second-order valence-electron chi connectivity index (χ2n) is 5.55. The van der Waals surface area contributed by atoms with Gasteiger partial charge in [0.25, 0.3) is 0 Å². The van der Waals surface area contributed by atoms with Gasteiger partial charge in [-0.2, -0.15) is 0 Å². The number of hydrogen-bond donors (Lipinski definition) is 2. The molecule has 0 aliphatic rings. The third-order valence-corrected chi connectivity index (χ3v) is 2.92. The van der Waals surface area contributed by atoms with E-state index < -0.39 is 0 Å². The maximum Gasteiger partial charge on any atom is 0.314 e. The van der Waals surface area contributed by atoms with Gasteiger partial charge in [-0.1, -0.05) is 48.8 Å². The zero-order chi connectivity index (χ0) is 13.6. The first kappa shape index (κ1) is 15.0. The van der Waals surface area contributed by atoms with E-state index in [4.69, 9.17) is 0 Å². The van der Waals surface area contributed by atoms with Crippen molar-refractivity contribution < 1.29 is 4.79 Å². The third-order valence-electron chi connectivity index (χ3n) is 2.39. The Morgan fingerprint density at radius 2 is 1.78 bits per heavy atom. The lowest BCUT2D eigenvalue weighted by Crippen LogP contribution is -2.40. The summed E-state index contributed by atoms with van der Waals surface area (Å²) in [6.45, 7) is 7.61. The van der Waals surface area contributed by atoms with Crippen LogP contribution in [0, 0.1) is 5.41 Å². The summed E-state index contributed by atoms with van der Waals surface area (Å²) in [5, 5.41) is 5.72. The number of amides is 2. The summed E-state index contributed by atoms with van der Waals surface area (Å²) in [7, 11) is 0. The largest absolute Gasteiger partial charge is 0.338 e. The van der Waals surface area contributed by atoms with Gasteiger partial charge in [-0.3, -0.25) is 0 Å². The number of benzene rings is 1. The zero-order valence-corrected chi connectivity index (χ0v) is 12.8. The van der Waals surface area contributed by atoms with Crippen LogP contribution < -0.4 is 10.6 Å². The molecular formula is C14H21BrN2O. The number of urea groups is 1. The Labute approximate surface area is 117 Å². The molecule has 2 N–H and O–H groups in total. The molecule has 3 nitrogen and oxygen atoms in total.